The van der Waals surface area contributed by atoms with Crippen molar-refractivity contribution >= 4 is 27.2 Å². The molecule has 3 nitrogen and oxygen atoms in total. The normalized spacial score (nSPS) is 15.6. The Bertz CT molecular complexity index is 559. The molecule has 90 valence electrons. The number of fused-ring (bicyclic) bond motifs is 2. The zero-order valence-corrected chi connectivity index (χ0v) is 11.1. The van der Waals surface area contributed by atoms with Gasteiger partial charge in [-0.3, -0.25) is 0 Å². The number of anilines is 1. The largest absolute Gasteiger partial charge is 0.387 e. The smallest absolute Gasteiger partial charge is 0.125 e. The molecule has 0 radical (unpaired) electrons. The SMILES string of the molecule is CNc1c(C)sc2nc3c(cc12)CNCCC3. The van der Waals surface area contributed by atoms with Crippen molar-refractivity contribution in [3.05, 3.63) is 22.2 Å². The molecule has 4 heteroatoms. The molecular formula is C13H17N3S. The monoisotopic (exact) mass is 247 g/mol. The van der Waals surface area contributed by atoms with Gasteiger partial charge >= 0.3 is 0 Å². The number of aromatic nitrogens is 1. The molecule has 1 aliphatic heterocycles. The first kappa shape index (κ1) is 11.0. The third-order valence-electron chi connectivity index (χ3n) is 3.36. The van der Waals surface area contributed by atoms with Crippen molar-refractivity contribution in [2.45, 2.75) is 26.3 Å². The number of rotatable bonds is 1. The molecule has 0 fully saturated rings. The Balaban J connectivity index is 2.22. The highest BCUT2D eigenvalue weighted by molar-refractivity contribution is 7.19. The summed E-state index contributed by atoms with van der Waals surface area (Å²) < 4.78 is 0. The van der Waals surface area contributed by atoms with Crippen molar-refractivity contribution in [1.82, 2.24) is 10.3 Å². The lowest BCUT2D eigenvalue weighted by Crippen LogP contribution is -2.12. The Kier molecular flexibility index (Phi) is 2.76. The molecule has 3 heterocycles. The maximum Gasteiger partial charge on any atom is 0.125 e. The van der Waals surface area contributed by atoms with Crippen molar-refractivity contribution in [3.63, 3.8) is 0 Å². The fraction of sp³-hybridized carbons (Fsp3) is 0.462. The lowest BCUT2D eigenvalue weighted by atomic mass is 10.1. The zero-order chi connectivity index (χ0) is 11.8. The summed E-state index contributed by atoms with van der Waals surface area (Å²) in [5.74, 6) is 0. The number of hydrogen-bond acceptors (Lipinski definition) is 4. The number of nitrogens with zero attached hydrogens (tertiary/aromatic N) is 1. The van der Waals surface area contributed by atoms with Gasteiger partial charge in [-0.05, 0) is 37.9 Å². The standard InChI is InChI=1S/C13H17N3S/c1-8-12(14-2)10-6-9-7-15-5-3-4-11(9)16-13(10)17-8/h6,14-15H,3-5,7H2,1-2H3. The molecule has 0 aliphatic carbocycles. The van der Waals surface area contributed by atoms with Crippen LogP contribution in [-0.4, -0.2) is 18.6 Å². The Morgan fingerprint density at radius 1 is 1.47 bits per heavy atom. The molecule has 0 saturated carbocycles. The Labute approximate surface area is 105 Å². The highest BCUT2D eigenvalue weighted by Gasteiger charge is 2.14. The summed E-state index contributed by atoms with van der Waals surface area (Å²) in [6, 6.07) is 2.31. The summed E-state index contributed by atoms with van der Waals surface area (Å²) in [5, 5.41) is 8.02. The highest BCUT2D eigenvalue weighted by atomic mass is 32.1. The number of hydrogen-bond donors (Lipinski definition) is 2. The second-order valence-corrected chi connectivity index (χ2v) is 5.71. The third-order valence-corrected chi connectivity index (χ3v) is 4.37. The van der Waals surface area contributed by atoms with Gasteiger partial charge in [0, 0.05) is 29.5 Å². The molecule has 1 aliphatic rings. The molecular weight excluding hydrogens is 230 g/mol. The first-order chi connectivity index (χ1) is 8.29. The van der Waals surface area contributed by atoms with Crippen molar-refractivity contribution in [2.24, 2.45) is 0 Å². The van der Waals surface area contributed by atoms with Crippen LogP contribution in [0.3, 0.4) is 0 Å². The fourth-order valence-corrected chi connectivity index (χ4v) is 3.53. The van der Waals surface area contributed by atoms with E-state index in [0.717, 1.165) is 19.5 Å². The van der Waals surface area contributed by atoms with E-state index in [-0.39, 0.29) is 0 Å². The van der Waals surface area contributed by atoms with Gasteiger partial charge in [0.25, 0.3) is 0 Å². The van der Waals surface area contributed by atoms with E-state index < -0.39 is 0 Å². The van der Waals surface area contributed by atoms with Crippen molar-refractivity contribution in [1.29, 1.82) is 0 Å². The minimum Gasteiger partial charge on any atom is -0.387 e. The summed E-state index contributed by atoms with van der Waals surface area (Å²) >= 11 is 1.79. The van der Waals surface area contributed by atoms with E-state index >= 15 is 0 Å². The summed E-state index contributed by atoms with van der Waals surface area (Å²) in [7, 11) is 1.98. The van der Waals surface area contributed by atoms with Gasteiger partial charge in [-0.15, -0.1) is 11.3 Å². The van der Waals surface area contributed by atoms with E-state index in [1.54, 1.807) is 11.3 Å². The van der Waals surface area contributed by atoms with Gasteiger partial charge in [0.15, 0.2) is 0 Å². The quantitative estimate of drug-likeness (QED) is 0.813. The van der Waals surface area contributed by atoms with Crippen LogP contribution in [0.1, 0.15) is 22.6 Å². The summed E-state index contributed by atoms with van der Waals surface area (Å²) in [5.41, 5.74) is 3.89. The molecule has 0 amide bonds. The average Bonchev–Trinajstić information content (AvgIpc) is 2.49. The minimum absolute atomic E-state index is 0.955. The second-order valence-electron chi connectivity index (χ2n) is 4.51. The molecule has 2 aromatic heterocycles. The Morgan fingerprint density at radius 2 is 2.35 bits per heavy atom. The number of pyridine rings is 1. The van der Waals surface area contributed by atoms with Gasteiger partial charge in [0.05, 0.1) is 5.69 Å². The molecule has 2 aromatic rings. The number of thiophene rings is 1. The predicted octanol–water partition coefficient (Wildman–Crippen LogP) is 2.68. The minimum atomic E-state index is 0.955. The molecule has 0 unspecified atom stereocenters. The van der Waals surface area contributed by atoms with Crippen LogP contribution in [0.2, 0.25) is 0 Å². The van der Waals surface area contributed by atoms with Crippen LogP contribution in [0.15, 0.2) is 6.07 Å². The molecule has 2 N–H and O–H groups in total. The van der Waals surface area contributed by atoms with Gasteiger partial charge in [0.2, 0.25) is 0 Å². The van der Waals surface area contributed by atoms with Crippen LogP contribution in [0, 0.1) is 6.92 Å². The Morgan fingerprint density at radius 3 is 3.18 bits per heavy atom. The molecule has 17 heavy (non-hydrogen) atoms. The van der Waals surface area contributed by atoms with Gasteiger partial charge in [-0.2, -0.15) is 0 Å². The van der Waals surface area contributed by atoms with Crippen LogP contribution in [0.5, 0.6) is 0 Å². The first-order valence-electron chi connectivity index (χ1n) is 6.10. The molecule has 3 rings (SSSR count). The molecule has 0 bridgehead atoms. The third kappa shape index (κ3) is 1.81. The molecule has 0 aromatic carbocycles. The summed E-state index contributed by atoms with van der Waals surface area (Å²) in [6.45, 7) is 4.21. The average molecular weight is 247 g/mol. The van der Waals surface area contributed by atoms with E-state index in [0.29, 0.717) is 0 Å². The highest BCUT2D eigenvalue weighted by Crippen LogP contribution is 2.35. The fourth-order valence-electron chi connectivity index (χ4n) is 2.50. The van der Waals surface area contributed by atoms with Gasteiger partial charge in [-0.25, -0.2) is 4.98 Å². The van der Waals surface area contributed by atoms with Crippen LogP contribution in [0.25, 0.3) is 10.2 Å². The number of nitrogens with one attached hydrogen (secondary N) is 2. The van der Waals surface area contributed by atoms with Crippen LogP contribution in [-0.2, 0) is 13.0 Å². The lowest BCUT2D eigenvalue weighted by molar-refractivity contribution is 0.680. The number of aryl methyl sites for hydroxylation is 2. The maximum absolute atomic E-state index is 4.84. The zero-order valence-electron chi connectivity index (χ0n) is 10.3. The molecule has 0 saturated heterocycles. The van der Waals surface area contributed by atoms with Crippen molar-refractivity contribution in [2.75, 3.05) is 18.9 Å². The van der Waals surface area contributed by atoms with E-state index in [9.17, 15) is 0 Å². The van der Waals surface area contributed by atoms with Gasteiger partial charge in [0.1, 0.15) is 4.83 Å². The van der Waals surface area contributed by atoms with Crippen LogP contribution in [0.4, 0.5) is 5.69 Å². The summed E-state index contributed by atoms with van der Waals surface area (Å²) in [6.07, 6.45) is 2.29. The predicted molar refractivity (Wildman–Crippen MR) is 73.9 cm³/mol. The maximum atomic E-state index is 4.84. The van der Waals surface area contributed by atoms with E-state index in [4.69, 9.17) is 4.98 Å². The first-order valence-corrected chi connectivity index (χ1v) is 6.91. The van der Waals surface area contributed by atoms with Crippen molar-refractivity contribution in [3.8, 4) is 0 Å². The van der Waals surface area contributed by atoms with Crippen LogP contribution >= 0.6 is 11.3 Å². The van der Waals surface area contributed by atoms with Crippen molar-refractivity contribution < 1.29 is 0 Å². The van der Waals surface area contributed by atoms with E-state index in [2.05, 4.69) is 23.6 Å². The molecule has 0 spiro atoms. The van der Waals surface area contributed by atoms with Gasteiger partial charge in [-0.1, -0.05) is 0 Å². The summed E-state index contributed by atoms with van der Waals surface area (Å²) in [4.78, 5) is 7.34. The Hall–Kier alpha value is -1.13. The molecule has 0 atom stereocenters. The van der Waals surface area contributed by atoms with Crippen LogP contribution < -0.4 is 10.6 Å². The van der Waals surface area contributed by atoms with E-state index in [1.807, 2.05) is 7.05 Å². The topological polar surface area (TPSA) is 37.0 Å². The van der Waals surface area contributed by atoms with Gasteiger partial charge < -0.3 is 10.6 Å². The van der Waals surface area contributed by atoms with E-state index in [1.165, 1.54) is 38.5 Å². The lowest BCUT2D eigenvalue weighted by Gasteiger charge is -2.06. The second kappa shape index (κ2) is 4.27.